The monoisotopic (exact) mass is 366 g/mol. The summed E-state index contributed by atoms with van der Waals surface area (Å²) in [5.41, 5.74) is 0.418. The van der Waals surface area contributed by atoms with Crippen molar-refractivity contribution < 1.29 is 17.9 Å². The van der Waals surface area contributed by atoms with Crippen LogP contribution in [-0.4, -0.2) is 62.9 Å². The third-order valence-electron chi connectivity index (χ3n) is 4.85. The van der Waals surface area contributed by atoms with Crippen LogP contribution in [0.1, 0.15) is 30.6 Å². The molecule has 6 nitrogen and oxygen atoms in total. The van der Waals surface area contributed by atoms with Crippen molar-refractivity contribution in [1.29, 1.82) is 0 Å². The van der Waals surface area contributed by atoms with Crippen LogP contribution >= 0.6 is 0 Å². The van der Waals surface area contributed by atoms with E-state index in [-0.39, 0.29) is 10.8 Å². The SMILES string of the molecule is CC1CC(C)CN(S(=O)(=O)c2cccc(C(=O)N3CCOCC3)c2)C1. The highest BCUT2D eigenvalue weighted by molar-refractivity contribution is 7.89. The van der Waals surface area contributed by atoms with Gasteiger partial charge in [0.15, 0.2) is 0 Å². The Balaban J connectivity index is 1.83. The third-order valence-corrected chi connectivity index (χ3v) is 6.68. The number of piperidine rings is 1. The minimum Gasteiger partial charge on any atom is -0.378 e. The highest BCUT2D eigenvalue weighted by Crippen LogP contribution is 2.27. The molecule has 2 unspecified atom stereocenters. The summed E-state index contributed by atoms with van der Waals surface area (Å²) in [6.07, 6.45) is 1.04. The summed E-state index contributed by atoms with van der Waals surface area (Å²) in [4.78, 5) is 14.5. The predicted octanol–water partition coefficient (Wildman–Crippen LogP) is 1.83. The van der Waals surface area contributed by atoms with E-state index in [4.69, 9.17) is 4.74 Å². The van der Waals surface area contributed by atoms with E-state index in [1.807, 2.05) is 0 Å². The minimum absolute atomic E-state index is 0.138. The van der Waals surface area contributed by atoms with Crippen LogP contribution < -0.4 is 0 Å². The van der Waals surface area contributed by atoms with Gasteiger partial charge in [0, 0.05) is 31.7 Å². The summed E-state index contributed by atoms with van der Waals surface area (Å²) < 4.78 is 32.8. The van der Waals surface area contributed by atoms with Crippen LogP contribution in [0.5, 0.6) is 0 Å². The molecule has 2 aliphatic heterocycles. The molecule has 0 N–H and O–H groups in total. The molecule has 1 amide bonds. The molecule has 3 rings (SSSR count). The van der Waals surface area contributed by atoms with E-state index in [9.17, 15) is 13.2 Å². The molecule has 2 atom stereocenters. The largest absolute Gasteiger partial charge is 0.378 e. The fraction of sp³-hybridized carbons (Fsp3) is 0.611. The number of morpholine rings is 1. The van der Waals surface area contributed by atoms with Crippen molar-refractivity contribution in [3.05, 3.63) is 29.8 Å². The van der Waals surface area contributed by atoms with Crippen molar-refractivity contribution >= 4 is 15.9 Å². The van der Waals surface area contributed by atoms with Gasteiger partial charge in [-0.15, -0.1) is 0 Å². The highest BCUT2D eigenvalue weighted by atomic mass is 32.2. The lowest BCUT2D eigenvalue weighted by molar-refractivity contribution is 0.0302. The molecule has 2 aliphatic rings. The molecule has 0 aromatic heterocycles. The number of carbonyl (C=O) groups excluding carboxylic acids is 1. The first kappa shape index (κ1) is 18.4. The maximum absolute atomic E-state index is 13.0. The smallest absolute Gasteiger partial charge is 0.254 e. The van der Waals surface area contributed by atoms with Crippen LogP contribution in [0.25, 0.3) is 0 Å². The van der Waals surface area contributed by atoms with Crippen molar-refractivity contribution in [3.63, 3.8) is 0 Å². The van der Waals surface area contributed by atoms with Gasteiger partial charge in [0.2, 0.25) is 10.0 Å². The molecule has 2 fully saturated rings. The lowest BCUT2D eigenvalue weighted by atomic mass is 9.94. The molecule has 1 aromatic rings. The molecule has 1 aromatic carbocycles. The van der Waals surface area contributed by atoms with E-state index in [1.54, 1.807) is 27.4 Å². The number of amides is 1. The Kier molecular flexibility index (Phi) is 5.46. The van der Waals surface area contributed by atoms with Gasteiger partial charge in [-0.05, 0) is 36.5 Å². The van der Waals surface area contributed by atoms with E-state index in [0.29, 0.717) is 56.8 Å². The zero-order chi connectivity index (χ0) is 18.0. The fourth-order valence-corrected chi connectivity index (χ4v) is 5.42. The molecule has 138 valence electrons. The van der Waals surface area contributed by atoms with Crippen molar-refractivity contribution in [1.82, 2.24) is 9.21 Å². The average Bonchev–Trinajstić information content (AvgIpc) is 2.61. The molecule has 2 heterocycles. The summed E-state index contributed by atoms with van der Waals surface area (Å²) in [7, 11) is -3.58. The molecule has 0 aliphatic carbocycles. The first-order valence-corrected chi connectivity index (χ1v) is 10.3. The van der Waals surface area contributed by atoms with Gasteiger partial charge >= 0.3 is 0 Å². The van der Waals surface area contributed by atoms with E-state index >= 15 is 0 Å². The molecule has 25 heavy (non-hydrogen) atoms. The summed E-state index contributed by atoms with van der Waals surface area (Å²) in [6, 6.07) is 6.42. The number of hydrogen-bond acceptors (Lipinski definition) is 4. The lowest BCUT2D eigenvalue weighted by Gasteiger charge is -2.34. The fourth-order valence-electron chi connectivity index (χ4n) is 3.69. The number of carbonyl (C=O) groups is 1. The molecule has 0 radical (unpaired) electrons. The molecule has 2 saturated heterocycles. The van der Waals surface area contributed by atoms with Gasteiger partial charge in [-0.1, -0.05) is 19.9 Å². The number of benzene rings is 1. The van der Waals surface area contributed by atoms with Crippen LogP contribution in [0.15, 0.2) is 29.2 Å². The number of rotatable bonds is 3. The van der Waals surface area contributed by atoms with Gasteiger partial charge in [-0.25, -0.2) is 8.42 Å². The number of sulfonamides is 1. The topological polar surface area (TPSA) is 66.9 Å². The van der Waals surface area contributed by atoms with Crippen LogP contribution in [0.3, 0.4) is 0 Å². The quantitative estimate of drug-likeness (QED) is 0.818. The second kappa shape index (κ2) is 7.43. The van der Waals surface area contributed by atoms with Gasteiger partial charge in [0.1, 0.15) is 0 Å². The van der Waals surface area contributed by atoms with Crippen molar-refractivity contribution in [2.75, 3.05) is 39.4 Å². The van der Waals surface area contributed by atoms with Crippen LogP contribution in [0.2, 0.25) is 0 Å². The van der Waals surface area contributed by atoms with E-state index in [1.165, 1.54) is 6.07 Å². The normalized spacial score (nSPS) is 25.8. The lowest BCUT2D eigenvalue weighted by Crippen LogP contribution is -2.42. The molecule has 0 bridgehead atoms. The van der Waals surface area contributed by atoms with Gasteiger partial charge < -0.3 is 9.64 Å². The Hall–Kier alpha value is -1.44. The Morgan fingerprint density at radius 3 is 2.40 bits per heavy atom. The van der Waals surface area contributed by atoms with Crippen LogP contribution in [0.4, 0.5) is 0 Å². The first-order chi connectivity index (χ1) is 11.9. The van der Waals surface area contributed by atoms with Gasteiger partial charge in [-0.3, -0.25) is 4.79 Å². The minimum atomic E-state index is -3.58. The van der Waals surface area contributed by atoms with Crippen molar-refractivity contribution in [2.45, 2.75) is 25.2 Å². The molecule has 0 spiro atoms. The van der Waals surface area contributed by atoms with Crippen LogP contribution in [-0.2, 0) is 14.8 Å². The standard InChI is InChI=1S/C18H26N2O4S/c1-14-10-15(2)13-20(12-14)25(22,23)17-5-3-4-16(11-17)18(21)19-6-8-24-9-7-19/h3-5,11,14-15H,6-10,12-13H2,1-2H3. The number of ether oxygens (including phenoxy) is 1. The summed E-state index contributed by atoms with van der Waals surface area (Å²) in [5.74, 6) is 0.550. The Morgan fingerprint density at radius 1 is 1.12 bits per heavy atom. The van der Waals surface area contributed by atoms with E-state index in [2.05, 4.69) is 13.8 Å². The second-order valence-corrected chi connectivity index (χ2v) is 9.14. The van der Waals surface area contributed by atoms with E-state index in [0.717, 1.165) is 6.42 Å². The Bertz CT molecular complexity index is 718. The molecule has 7 heteroatoms. The first-order valence-electron chi connectivity index (χ1n) is 8.85. The maximum atomic E-state index is 13.0. The highest BCUT2D eigenvalue weighted by Gasteiger charge is 2.32. The maximum Gasteiger partial charge on any atom is 0.254 e. The second-order valence-electron chi connectivity index (χ2n) is 7.20. The Morgan fingerprint density at radius 2 is 1.76 bits per heavy atom. The van der Waals surface area contributed by atoms with Crippen LogP contribution in [0, 0.1) is 11.8 Å². The average molecular weight is 366 g/mol. The van der Waals surface area contributed by atoms with Gasteiger partial charge in [-0.2, -0.15) is 4.31 Å². The summed E-state index contributed by atoms with van der Waals surface area (Å²) >= 11 is 0. The predicted molar refractivity (Wildman–Crippen MR) is 94.9 cm³/mol. The number of hydrogen-bond donors (Lipinski definition) is 0. The van der Waals surface area contributed by atoms with Gasteiger partial charge in [0.05, 0.1) is 18.1 Å². The summed E-state index contributed by atoms with van der Waals surface area (Å²) in [5, 5.41) is 0. The molecular weight excluding hydrogens is 340 g/mol. The zero-order valence-corrected chi connectivity index (χ0v) is 15.7. The molecule has 0 saturated carbocycles. The zero-order valence-electron chi connectivity index (χ0n) is 14.8. The van der Waals surface area contributed by atoms with Crippen molar-refractivity contribution in [2.24, 2.45) is 11.8 Å². The van der Waals surface area contributed by atoms with Crippen molar-refractivity contribution in [3.8, 4) is 0 Å². The molecular formula is C18H26N2O4S. The Labute approximate surface area is 149 Å². The van der Waals surface area contributed by atoms with Gasteiger partial charge in [0.25, 0.3) is 5.91 Å². The third kappa shape index (κ3) is 4.04. The number of nitrogens with zero attached hydrogens (tertiary/aromatic N) is 2. The van der Waals surface area contributed by atoms with E-state index < -0.39 is 10.0 Å². The summed E-state index contributed by atoms with van der Waals surface area (Å²) in [6.45, 7) is 7.35.